The van der Waals surface area contributed by atoms with Gasteiger partial charge in [-0.2, -0.15) is 0 Å². The Hall–Kier alpha value is -7.15. The summed E-state index contributed by atoms with van der Waals surface area (Å²) in [5.74, 6) is 1.24. The van der Waals surface area contributed by atoms with E-state index < -0.39 is 6.89 Å². The molecule has 3 aromatic carbocycles. The first-order valence-corrected chi connectivity index (χ1v) is 22.5. The molecule has 0 fully saturated rings. The largest absolute Gasteiger partial charge is 0.466 e. The maximum absolute atomic E-state index is 11.9. The van der Waals surface area contributed by atoms with Crippen LogP contribution in [-0.2, 0) is 38.2 Å². The van der Waals surface area contributed by atoms with Gasteiger partial charge in [0.25, 0.3) is 0 Å². The topological polar surface area (TPSA) is 113 Å². The molecule has 0 radical (unpaired) electrons. The van der Waals surface area contributed by atoms with Crippen molar-refractivity contribution in [2.75, 3.05) is 21.3 Å². The van der Waals surface area contributed by atoms with E-state index in [9.17, 15) is 24.0 Å². The van der Waals surface area contributed by atoms with E-state index in [4.69, 9.17) is 4.74 Å². The number of carbonyl (C=O) groups is 5. The molecule has 0 aliphatic heterocycles. The lowest BCUT2D eigenvalue weighted by molar-refractivity contribution is -0.136. The third kappa shape index (κ3) is 22.5. The number of aldehydes is 2. The molecular weight excluding hydrogens is 844 g/mol. The van der Waals surface area contributed by atoms with Crippen LogP contribution in [-0.4, -0.2) is 57.6 Å². The van der Waals surface area contributed by atoms with Gasteiger partial charge in [0.05, 0.1) is 21.3 Å². The van der Waals surface area contributed by atoms with Gasteiger partial charge in [0.15, 0.2) is 0 Å². The fourth-order valence-corrected chi connectivity index (χ4v) is 9.10. The molecule has 348 valence electrons. The van der Waals surface area contributed by atoms with Crippen LogP contribution >= 0.6 is 6.89 Å². The first-order valence-electron chi connectivity index (χ1n) is 20.7. The Morgan fingerprint density at radius 3 is 0.939 bits per heavy atom. The number of benzene rings is 3. The van der Waals surface area contributed by atoms with Crippen molar-refractivity contribution >= 4 is 59.1 Å². The van der Waals surface area contributed by atoms with Gasteiger partial charge in [0.1, 0.15) is 12.6 Å². The fourth-order valence-electron chi connectivity index (χ4n) is 5.31. The summed E-state index contributed by atoms with van der Waals surface area (Å²) in [5, 5.41) is 3.74. The van der Waals surface area contributed by atoms with E-state index in [1.165, 1.54) is 37.2 Å². The van der Waals surface area contributed by atoms with Gasteiger partial charge < -0.3 is 14.2 Å². The highest BCUT2D eigenvalue weighted by Crippen LogP contribution is 2.43. The molecule has 0 heterocycles. The molecule has 0 aromatic heterocycles. The molecule has 9 heteroatoms. The van der Waals surface area contributed by atoms with E-state index in [1.807, 2.05) is 86.7 Å². The number of hydrogen-bond acceptors (Lipinski definition) is 8. The van der Waals surface area contributed by atoms with E-state index in [0.717, 1.165) is 23.7 Å². The van der Waals surface area contributed by atoms with Crippen molar-refractivity contribution in [2.24, 2.45) is 0 Å². The molecule has 0 aliphatic rings. The SMILES string of the molecule is C.COC(=O)/C(C)=C/C=C/C(C)=C/C=C/C=C(C)/C=C/C=C(\C)C(=O)OC.COC(=O)/C(C)=C/C=P(c1ccccc1)(c1ccccc1)c1ccccc1.C\C(C=O)=C/C=C/C=C(\C)C=O. The van der Waals surface area contributed by atoms with E-state index in [-0.39, 0.29) is 25.3 Å². The summed E-state index contributed by atoms with van der Waals surface area (Å²) in [4.78, 5) is 54.6. The van der Waals surface area contributed by atoms with Gasteiger partial charge in [-0.1, -0.05) is 207 Å². The number of esters is 3. The molecule has 0 spiro atoms. The van der Waals surface area contributed by atoms with Crippen LogP contribution in [0.5, 0.6) is 0 Å². The van der Waals surface area contributed by atoms with Crippen LogP contribution in [0.1, 0.15) is 55.9 Å². The van der Waals surface area contributed by atoms with Gasteiger partial charge in [-0.05, 0) is 82.4 Å². The van der Waals surface area contributed by atoms with Crippen LogP contribution < -0.4 is 15.9 Å². The summed E-state index contributed by atoms with van der Waals surface area (Å²) in [6.45, 7) is 10.5. The number of carbonyl (C=O) groups excluding carboxylic acids is 5. The third-order valence-electron chi connectivity index (χ3n) is 9.00. The van der Waals surface area contributed by atoms with E-state index >= 15 is 0 Å². The van der Waals surface area contributed by atoms with Gasteiger partial charge in [0.2, 0.25) is 0 Å². The zero-order valence-electron chi connectivity index (χ0n) is 39.3. The first kappa shape index (κ1) is 58.9. The number of ether oxygens (including phenoxy) is 3. The molecule has 0 amide bonds. The minimum Gasteiger partial charge on any atom is -0.466 e. The highest BCUT2D eigenvalue weighted by atomic mass is 31.2. The van der Waals surface area contributed by atoms with Gasteiger partial charge in [-0.15, -0.1) is 0 Å². The van der Waals surface area contributed by atoms with Gasteiger partial charge >= 0.3 is 17.9 Å². The average Bonchev–Trinajstić information content (AvgIpc) is 3.34. The highest BCUT2D eigenvalue weighted by molar-refractivity contribution is 7.94. The molecule has 0 unspecified atom stereocenters. The van der Waals surface area contributed by atoms with E-state index in [0.29, 0.717) is 27.9 Å². The minimum atomic E-state index is -2.07. The summed E-state index contributed by atoms with van der Waals surface area (Å²) >= 11 is 0. The highest BCUT2D eigenvalue weighted by Gasteiger charge is 2.24. The van der Waals surface area contributed by atoms with Crippen molar-refractivity contribution in [3.8, 4) is 0 Å². The normalized spacial score (nSPS) is 13.0. The van der Waals surface area contributed by atoms with Crippen LogP contribution in [0.25, 0.3) is 0 Å². The standard InChI is InChI=1S/C24H23O2P.C22H28O4.C10H12O2.CH4/c1-20(24(25)26-2)18-19-27(21-12-6-3-7-13-21,22-14-8-4-9-15-22)23-16-10-5-11-17-23;1-17(13-9-15-19(3)21(23)25-5)11-7-8-12-18(2)14-10-16-20(4)22(24)26-6;1-9(7-11)5-3-4-6-10(2)8-12;/h3-19H,1-2H3;7-16H,1-6H3;3-8H,1-2H3;1H4/b20-18+;8-7+,13-9+,14-10+,17-11+,18-12+,19-15+,20-16+;4-3+,9-5+,10-6+;. The van der Waals surface area contributed by atoms with Gasteiger partial charge in [0, 0.05) is 16.7 Å². The fraction of sp³-hybridized carbons (Fsp3) is 0.193. The van der Waals surface area contributed by atoms with Crippen molar-refractivity contribution in [3.63, 3.8) is 0 Å². The third-order valence-corrected chi connectivity index (χ3v) is 12.9. The number of allylic oxidation sites excluding steroid dienone is 19. The molecule has 0 N–H and O–H groups in total. The monoisotopic (exact) mass is 910 g/mol. The molecule has 0 atom stereocenters. The Kier molecular flexibility index (Phi) is 30.6. The molecule has 3 aromatic rings. The van der Waals surface area contributed by atoms with Crippen molar-refractivity contribution < 1.29 is 38.2 Å². The van der Waals surface area contributed by atoms with Crippen LogP contribution in [0.3, 0.4) is 0 Å². The number of methoxy groups -OCH3 is 3. The smallest absolute Gasteiger partial charge is 0.333 e. The zero-order chi connectivity index (χ0) is 48.5. The molecular formula is C57H67O8P. The maximum Gasteiger partial charge on any atom is 0.333 e. The molecule has 0 bridgehead atoms. The Morgan fingerprint density at radius 1 is 0.394 bits per heavy atom. The Balaban J connectivity index is 0.00000102. The second kappa shape index (κ2) is 34.3. The van der Waals surface area contributed by atoms with Crippen molar-refractivity contribution in [1.29, 1.82) is 0 Å². The van der Waals surface area contributed by atoms with Crippen LogP contribution in [0.2, 0.25) is 0 Å². The quantitative estimate of drug-likeness (QED) is 0.0329. The lowest BCUT2D eigenvalue weighted by Gasteiger charge is -2.28. The van der Waals surface area contributed by atoms with Crippen molar-refractivity contribution in [2.45, 2.75) is 55.9 Å². The molecule has 0 saturated carbocycles. The lowest BCUT2D eigenvalue weighted by atomic mass is 10.2. The first-order chi connectivity index (χ1) is 31.2. The van der Waals surface area contributed by atoms with E-state index in [2.05, 4.69) is 88.1 Å². The Labute approximate surface area is 394 Å². The average molecular weight is 911 g/mol. The Morgan fingerprint density at radius 2 is 0.667 bits per heavy atom. The van der Waals surface area contributed by atoms with Crippen molar-refractivity contribution in [3.05, 3.63) is 221 Å². The minimum absolute atomic E-state index is 0. The summed E-state index contributed by atoms with van der Waals surface area (Å²) in [6, 6.07) is 31.5. The second-order valence-electron chi connectivity index (χ2n) is 14.3. The summed E-state index contributed by atoms with van der Waals surface area (Å²) in [6.07, 6.45) is 28.9. The predicted molar refractivity (Wildman–Crippen MR) is 279 cm³/mol. The van der Waals surface area contributed by atoms with Crippen LogP contribution in [0.15, 0.2) is 221 Å². The summed E-state index contributed by atoms with van der Waals surface area (Å²) in [5.41, 5.74) is 5.10. The maximum atomic E-state index is 11.9. The number of rotatable bonds is 17. The Bertz CT molecular complexity index is 2230. The summed E-state index contributed by atoms with van der Waals surface area (Å²) < 4.78 is 14.1. The second-order valence-corrected chi connectivity index (χ2v) is 17.6. The van der Waals surface area contributed by atoms with Gasteiger partial charge in [-0.3, -0.25) is 9.59 Å². The van der Waals surface area contributed by atoms with E-state index in [1.54, 1.807) is 71.1 Å². The lowest BCUT2D eigenvalue weighted by Crippen LogP contribution is -2.26. The molecule has 3 rings (SSSR count). The number of hydrogen-bond donors (Lipinski definition) is 0. The van der Waals surface area contributed by atoms with Crippen LogP contribution in [0, 0.1) is 0 Å². The molecule has 0 saturated heterocycles. The summed E-state index contributed by atoms with van der Waals surface area (Å²) in [7, 11) is 4.13. The molecule has 66 heavy (non-hydrogen) atoms. The molecule has 0 aliphatic carbocycles. The zero-order valence-corrected chi connectivity index (χ0v) is 40.2. The van der Waals surface area contributed by atoms with Gasteiger partial charge in [-0.25, -0.2) is 14.4 Å². The van der Waals surface area contributed by atoms with Crippen LogP contribution in [0.4, 0.5) is 0 Å². The van der Waals surface area contributed by atoms with Crippen molar-refractivity contribution in [1.82, 2.24) is 0 Å². The molecule has 8 nitrogen and oxygen atoms in total. The predicted octanol–water partition coefficient (Wildman–Crippen LogP) is 11.2.